The van der Waals surface area contributed by atoms with Crippen molar-refractivity contribution in [2.24, 2.45) is 0 Å². The van der Waals surface area contributed by atoms with E-state index in [0.29, 0.717) is 30.4 Å². The molecule has 0 aliphatic carbocycles. The molecule has 0 saturated carbocycles. The fourth-order valence-corrected chi connectivity index (χ4v) is 3.82. The summed E-state index contributed by atoms with van der Waals surface area (Å²) in [7, 11) is 0. The molecule has 1 amide bonds. The van der Waals surface area contributed by atoms with Crippen LogP contribution in [0.1, 0.15) is 48.2 Å². The molecule has 178 valence electrons. The van der Waals surface area contributed by atoms with Crippen LogP contribution in [0.5, 0.6) is 11.5 Å². The molecule has 4 heteroatoms. The number of benzene rings is 4. The van der Waals surface area contributed by atoms with Gasteiger partial charge in [0, 0.05) is 16.8 Å². The van der Waals surface area contributed by atoms with Crippen LogP contribution in [0.15, 0.2) is 97.1 Å². The van der Waals surface area contributed by atoms with Crippen molar-refractivity contribution in [1.29, 1.82) is 0 Å². The van der Waals surface area contributed by atoms with Gasteiger partial charge in [0.2, 0.25) is 0 Å². The second-order valence-corrected chi connectivity index (χ2v) is 8.67. The molecule has 0 atom stereocenters. The topological polar surface area (TPSA) is 47.6 Å². The van der Waals surface area contributed by atoms with Crippen LogP contribution < -0.4 is 14.8 Å². The van der Waals surface area contributed by atoms with Crippen LogP contribution in [0.4, 0.5) is 5.69 Å². The van der Waals surface area contributed by atoms with Gasteiger partial charge < -0.3 is 14.8 Å². The van der Waals surface area contributed by atoms with Gasteiger partial charge in [-0.3, -0.25) is 4.79 Å². The predicted octanol–water partition coefficient (Wildman–Crippen LogP) is 7.71. The lowest BCUT2D eigenvalue weighted by molar-refractivity contribution is 0.102. The van der Waals surface area contributed by atoms with E-state index in [1.807, 2.05) is 85.8 Å². The molecule has 4 nitrogen and oxygen atoms in total. The van der Waals surface area contributed by atoms with Gasteiger partial charge in [-0.05, 0) is 72.0 Å². The zero-order valence-corrected chi connectivity index (χ0v) is 20.5. The number of anilines is 1. The van der Waals surface area contributed by atoms with E-state index in [4.69, 9.17) is 9.47 Å². The fourth-order valence-electron chi connectivity index (χ4n) is 3.82. The standard InChI is InChI=1S/C31H31NO3/c1-4-34-30-19-14-26(31(33)32-28-15-10-23(11-16-28)22(2)3)20-27(30)21-35-29-17-12-25(13-18-29)24-8-6-5-7-9-24/h5-20,22H,4,21H2,1-3H3,(H,32,33). The first-order valence-corrected chi connectivity index (χ1v) is 12.0. The van der Waals surface area contributed by atoms with Crippen LogP contribution in [-0.4, -0.2) is 12.5 Å². The third-order valence-electron chi connectivity index (χ3n) is 5.81. The van der Waals surface area contributed by atoms with Crippen LogP contribution in [0, 0.1) is 0 Å². The summed E-state index contributed by atoms with van der Waals surface area (Å²) in [5.41, 5.74) is 5.68. The summed E-state index contributed by atoms with van der Waals surface area (Å²) in [5.74, 6) is 1.75. The highest BCUT2D eigenvalue weighted by molar-refractivity contribution is 6.04. The second kappa shape index (κ2) is 11.4. The summed E-state index contributed by atoms with van der Waals surface area (Å²) in [6.07, 6.45) is 0. The average molecular weight is 466 g/mol. The van der Waals surface area contributed by atoms with Gasteiger partial charge in [0.25, 0.3) is 5.91 Å². The lowest BCUT2D eigenvalue weighted by Gasteiger charge is -2.14. The summed E-state index contributed by atoms with van der Waals surface area (Å²) in [6.45, 7) is 7.06. The molecule has 0 heterocycles. The van der Waals surface area contributed by atoms with Gasteiger partial charge in [0.15, 0.2) is 0 Å². The number of carbonyl (C=O) groups excluding carboxylic acids is 1. The Hall–Kier alpha value is -4.05. The highest BCUT2D eigenvalue weighted by Crippen LogP contribution is 2.26. The Morgan fingerprint density at radius 2 is 1.49 bits per heavy atom. The summed E-state index contributed by atoms with van der Waals surface area (Å²) < 4.78 is 11.8. The average Bonchev–Trinajstić information content (AvgIpc) is 2.89. The summed E-state index contributed by atoms with van der Waals surface area (Å²) in [6, 6.07) is 31.6. The first-order chi connectivity index (χ1) is 17.0. The van der Waals surface area contributed by atoms with E-state index in [1.54, 1.807) is 6.07 Å². The number of ether oxygens (including phenoxy) is 2. The van der Waals surface area contributed by atoms with Gasteiger partial charge in [0.05, 0.1) is 6.61 Å². The van der Waals surface area contributed by atoms with Crippen molar-refractivity contribution < 1.29 is 14.3 Å². The van der Waals surface area contributed by atoms with E-state index in [9.17, 15) is 4.79 Å². The Morgan fingerprint density at radius 3 is 2.14 bits per heavy atom. The molecule has 4 rings (SSSR count). The van der Waals surface area contributed by atoms with E-state index < -0.39 is 0 Å². The van der Waals surface area contributed by atoms with Gasteiger partial charge >= 0.3 is 0 Å². The van der Waals surface area contributed by atoms with Crippen molar-refractivity contribution in [3.8, 4) is 22.6 Å². The molecule has 4 aromatic rings. The molecule has 0 aromatic heterocycles. The molecule has 1 N–H and O–H groups in total. The minimum Gasteiger partial charge on any atom is -0.493 e. The first-order valence-electron chi connectivity index (χ1n) is 12.0. The van der Waals surface area contributed by atoms with Crippen molar-refractivity contribution in [2.45, 2.75) is 33.3 Å². The van der Waals surface area contributed by atoms with Crippen LogP contribution in [0.25, 0.3) is 11.1 Å². The minimum atomic E-state index is -0.168. The predicted molar refractivity (Wildman–Crippen MR) is 142 cm³/mol. The highest BCUT2D eigenvalue weighted by Gasteiger charge is 2.12. The number of rotatable bonds is 9. The van der Waals surface area contributed by atoms with E-state index >= 15 is 0 Å². The first kappa shape index (κ1) is 24.1. The number of hydrogen-bond acceptors (Lipinski definition) is 3. The number of nitrogens with one attached hydrogen (secondary N) is 1. The fraction of sp³-hybridized carbons (Fsp3) is 0.194. The Morgan fingerprint density at radius 1 is 0.800 bits per heavy atom. The van der Waals surface area contributed by atoms with Gasteiger partial charge in [0.1, 0.15) is 18.1 Å². The number of carbonyl (C=O) groups is 1. The van der Waals surface area contributed by atoms with E-state index in [2.05, 4.69) is 31.3 Å². The van der Waals surface area contributed by atoms with E-state index in [1.165, 1.54) is 5.56 Å². The molecule has 0 unspecified atom stereocenters. The summed E-state index contributed by atoms with van der Waals surface area (Å²) in [4.78, 5) is 12.9. The van der Waals surface area contributed by atoms with Crippen molar-refractivity contribution in [1.82, 2.24) is 0 Å². The molecule has 0 radical (unpaired) electrons. The van der Waals surface area contributed by atoms with Crippen LogP contribution in [-0.2, 0) is 6.61 Å². The van der Waals surface area contributed by atoms with Gasteiger partial charge in [-0.2, -0.15) is 0 Å². The molecule has 0 saturated heterocycles. The second-order valence-electron chi connectivity index (χ2n) is 8.67. The van der Waals surface area contributed by atoms with Crippen molar-refractivity contribution >= 4 is 11.6 Å². The Balaban J connectivity index is 1.46. The van der Waals surface area contributed by atoms with Crippen molar-refractivity contribution in [2.75, 3.05) is 11.9 Å². The molecule has 0 aliphatic heterocycles. The maximum Gasteiger partial charge on any atom is 0.255 e. The maximum atomic E-state index is 12.9. The molecule has 0 spiro atoms. The van der Waals surface area contributed by atoms with Crippen molar-refractivity contribution in [3.63, 3.8) is 0 Å². The Labute approximate surface area is 207 Å². The van der Waals surface area contributed by atoms with Crippen LogP contribution in [0.3, 0.4) is 0 Å². The normalized spacial score (nSPS) is 10.7. The largest absolute Gasteiger partial charge is 0.493 e. The van der Waals surface area contributed by atoms with Crippen LogP contribution >= 0.6 is 0 Å². The summed E-state index contributed by atoms with van der Waals surface area (Å²) in [5, 5.41) is 2.98. The third kappa shape index (κ3) is 6.30. The lowest BCUT2D eigenvalue weighted by Crippen LogP contribution is -2.13. The number of amides is 1. The quantitative estimate of drug-likeness (QED) is 0.275. The lowest BCUT2D eigenvalue weighted by atomic mass is 10.0. The number of hydrogen-bond donors (Lipinski definition) is 1. The smallest absolute Gasteiger partial charge is 0.255 e. The third-order valence-corrected chi connectivity index (χ3v) is 5.81. The molecule has 4 aromatic carbocycles. The SMILES string of the molecule is CCOc1ccc(C(=O)Nc2ccc(C(C)C)cc2)cc1COc1ccc(-c2ccccc2)cc1. The van der Waals surface area contributed by atoms with Crippen LogP contribution in [0.2, 0.25) is 0 Å². The van der Waals surface area contributed by atoms with Gasteiger partial charge in [-0.15, -0.1) is 0 Å². The van der Waals surface area contributed by atoms with Gasteiger partial charge in [-0.1, -0.05) is 68.4 Å². The zero-order chi connectivity index (χ0) is 24.6. The van der Waals surface area contributed by atoms with Gasteiger partial charge in [-0.25, -0.2) is 0 Å². The minimum absolute atomic E-state index is 0.168. The molecule has 35 heavy (non-hydrogen) atoms. The molecule has 0 aliphatic rings. The maximum absolute atomic E-state index is 12.9. The molecular weight excluding hydrogens is 434 g/mol. The monoisotopic (exact) mass is 465 g/mol. The Bertz CT molecular complexity index is 1250. The molecule has 0 fully saturated rings. The molecular formula is C31H31NO3. The Kier molecular flexibility index (Phi) is 7.84. The summed E-state index contributed by atoms with van der Waals surface area (Å²) >= 11 is 0. The zero-order valence-electron chi connectivity index (χ0n) is 20.5. The molecule has 0 bridgehead atoms. The van der Waals surface area contributed by atoms with Crippen molar-refractivity contribution in [3.05, 3.63) is 114 Å². The van der Waals surface area contributed by atoms with E-state index in [0.717, 1.165) is 28.1 Å². The van der Waals surface area contributed by atoms with E-state index in [-0.39, 0.29) is 5.91 Å². The highest BCUT2D eigenvalue weighted by atomic mass is 16.5.